The van der Waals surface area contributed by atoms with Crippen LogP contribution >= 0.6 is 11.3 Å². The molecule has 0 aliphatic carbocycles. The minimum absolute atomic E-state index is 0.00404. The molecule has 16 N–H and O–H groups in total. The minimum atomic E-state index is -2.04. The summed E-state index contributed by atoms with van der Waals surface area (Å²) in [7, 11) is 1.70. The number of methoxy groups -OCH3 is 1. The van der Waals surface area contributed by atoms with E-state index in [1.54, 1.807) is 19.2 Å². The number of piperidine rings is 1. The van der Waals surface area contributed by atoms with Gasteiger partial charge in [0, 0.05) is 107 Å². The first-order valence-electron chi connectivity index (χ1n) is 32.0. The van der Waals surface area contributed by atoms with Crippen LogP contribution in [-0.2, 0) is 44.7 Å². The number of phenols is 1. The highest BCUT2D eigenvalue weighted by Gasteiger charge is 2.50. The fourth-order valence-corrected chi connectivity index (χ4v) is 12.9. The number of anilines is 1. The Bertz CT molecular complexity index is 3190. The van der Waals surface area contributed by atoms with E-state index >= 15 is 0 Å². The quantitative estimate of drug-likeness (QED) is 0.0367. The summed E-state index contributed by atoms with van der Waals surface area (Å²) in [6.07, 6.45) is -7.38. The van der Waals surface area contributed by atoms with Crippen LogP contribution in [0.25, 0.3) is 21.1 Å². The van der Waals surface area contributed by atoms with Crippen LogP contribution < -0.4 is 47.7 Å². The predicted octanol–water partition coefficient (Wildman–Crippen LogP) is -1.74. The number of carbonyl (C=O) groups is 7. The Morgan fingerprint density at radius 1 is 0.734 bits per heavy atom. The van der Waals surface area contributed by atoms with Gasteiger partial charge in [-0.05, 0) is 119 Å². The zero-order valence-corrected chi connectivity index (χ0v) is 53.9. The van der Waals surface area contributed by atoms with Gasteiger partial charge in [-0.3, -0.25) is 33.6 Å². The van der Waals surface area contributed by atoms with Gasteiger partial charge in [-0.15, -0.1) is 10.2 Å². The summed E-state index contributed by atoms with van der Waals surface area (Å²) in [6.45, 7) is 5.48. The number of aliphatic hydroxyl groups excluding tert-OH is 6. The minimum Gasteiger partial charge on any atom is -0.504 e. The third kappa shape index (κ3) is 18.7. The highest BCUT2D eigenvalue weighted by atomic mass is 32.1. The molecule has 4 aliphatic rings. The molecule has 94 heavy (non-hydrogen) atoms. The molecular weight excluding hydrogens is 1240 g/mol. The zero-order valence-electron chi connectivity index (χ0n) is 53.1. The van der Waals surface area contributed by atoms with E-state index in [0.717, 1.165) is 86.6 Å². The number of aliphatic hydroxyl groups is 6. The van der Waals surface area contributed by atoms with Gasteiger partial charge in [-0.1, -0.05) is 36.5 Å². The summed E-state index contributed by atoms with van der Waals surface area (Å²) in [4.78, 5) is 106. The molecule has 4 fully saturated rings. The van der Waals surface area contributed by atoms with Crippen molar-refractivity contribution in [3.63, 3.8) is 0 Å². The summed E-state index contributed by atoms with van der Waals surface area (Å²) in [5, 5.41) is 102. The number of amides is 7. The molecule has 8 rings (SSSR count). The number of aromatic hydroxyl groups is 1. The number of β-amino-alcohol motifs (C(OH)–C–C–N with tert-alkyl or cyclic N) is 1. The van der Waals surface area contributed by atoms with E-state index in [4.69, 9.17) is 25.7 Å². The number of aromatic nitrogens is 2. The van der Waals surface area contributed by atoms with Gasteiger partial charge in [0.15, 0.2) is 11.5 Å². The Morgan fingerprint density at radius 2 is 1.38 bits per heavy atom. The highest BCUT2D eigenvalue weighted by molar-refractivity contribution is 7.17. The number of hydrogen-bond acceptors (Lipinski definition) is 23. The summed E-state index contributed by atoms with van der Waals surface area (Å²) in [5.41, 5.74) is 14.3. The summed E-state index contributed by atoms with van der Waals surface area (Å²) >= 11 is 1.34. The maximum atomic E-state index is 14.7. The molecule has 0 bridgehead atoms. The van der Waals surface area contributed by atoms with E-state index in [9.17, 15) is 69.3 Å². The van der Waals surface area contributed by atoms with Gasteiger partial charge in [0.1, 0.15) is 46.3 Å². The van der Waals surface area contributed by atoms with Crippen molar-refractivity contribution in [3.8, 4) is 32.6 Å². The van der Waals surface area contributed by atoms with Gasteiger partial charge in [-0.2, -0.15) is 0 Å². The Labute approximate surface area is 548 Å². The second-order valence-corrected chi connectivity index (χ2v) is 25.6. The van der Waals surface area contributed by atoms with Gasteiger partial charge >= 0.3 is 0 Å². The largest absolute Gasteiger partial charge is 0.504 e. The Hall–Kier alpha value is -7.49. The van der Waals surface area contributed by atoms with Gasteiger partial charge < -0.3 is 103 Å². The predicted molar refractivity (Wildman–Crippen MR) is 343 cm³/mol. The molecule has 29 nitrogen and oxygen atoms in total. The number of rotatable bonds is 23. The molecule has 4 aliphatic heterocycles. The molecule has 3 aromatic carbocycles. The fourth-order valence-electron chi connectivity index (χ4n) is 12.0. The van der Waals surface area contributed by atoms with Crippen LogP contribution in [0.3, 0.4) is 0 Å². The molecule has 1 aromatic heterocycles. The third-order valence-corrected chi connectivity index (χ3v) is 18.5. The topological polar surface area (TPSA) is 436 Å². The molecular formula is C64H90N12O17S. The van der Waals surface area contributed by atoms with Crippen LogP contribution in [0.2, 0.25) is 0 Å². The average molecular weight is 1330 g/mol. The van der Waals surface area contributed by atoms with Crippen molar-refractivity contribution < 1.29 is 83.5 Å². The molecule has 0 radical (unpaired) electrons. The number of nitrogens with zero attached hydrogens (tertiary/aromatic N) is 5. The lowest BCUT2D eigenvalue weighted by Gasteiger charge is -2.34. The van der Waals surface area contributed by atoms with Crippen LogP contribution in [-0.4, -0.2) is 249 Å². The van der Waals surface area contributed by atoms with Gasteiger partial charge in [0.05, 0.1) is 43.2 Å². The van der Waals surface area contributed by atoms with Crippen molar-refractivity contribution in [2.75, 3.05) is 84.3 Å². The number of carbonyl (C=O) groups excluding carboxylic acids is 7. The molecule has 30 heteroatoms. The number of fused-ring (bicyclic) bond motifs is 2. The number of hydrogen-bond donors (Lipinski definition) is 14. The van der Waals surface area contributed by atoms with E-state index in [2.05, 4.69) is 53.8 Å². The summed E-state index contributed by atoms with van der Waals surface area (Å²) in [6, 6.07) is 7.46. The first-order chi connectivity index (χ1) is 45.1. The number of nitrogens with two attached hydrogens (primary N) is 2. The van der Waals surface area contributed by atoms with Gasteiger partial charge in [0.25, 0.3) is 5.91 Å². The second kappa shape index (κ2) is 34.3. The average Bonchev–Trinajstić information content (AvgIpc) is 1.63. The molecule has 0 spiro atoms. The highest BCUT2D eigenvalue weighted by Crippen LogP contribution is 2.34. The molecule has 0 saturated carbocycles. The fraction of sp³-hybridized carbons (Fsp3) is 0.578. The van der Waals surface area contributed by atoms with Crippen molar-refractivity contribution in [2.45, 2.75) is 145 Å². The number of nitrogens with one attached hydrogen (secondary N) is 5. The van der Waals surface area contributed by atoms with Crippen molar-refractivity contribution >= 4 is 58.4 Å². The van der Waals surface area contributed by atoms with E-state index in [-0.39, 0.29) is 55.3 Å². The van der Waals surface area contributed by atoms with Gasteiger partial charge in [-0.25, -0.2) is 0 Å². The molecule has 4 saturated heterocycles. The lowest BCUT2D eigenvalue weighted by atomic mass is 9.97. The van der Waals surface area contributed by atoms with Crippen LogP contribution in [0.5, 0.6) is 11.5 Å². The molecule has 13 atom stereocenters. The lowest BCUT2D eigenvalue weighted by Crippen LogP contribution is -2.64. The molecule has 4 aromatic rings. The summed E-state index contributed by atoms with van der Waals surface area (Å²) in [5.74, 6) is -8.05. The number of unbranched alkanes of at least 4 members (excludes halogenated alkanes) is 1. The van der Waals surface area contributed by atoms with E-state index in [1.165, 1.54) is 48.6 Å². The zero-order chi connectivity index (χ0) is 67.8. The maximum Gasteiger partial charge on any atom is 0.251 e. The van der Waals surface area contributed by atoms with Crippen LogP contribution in [0.1, 0.15) is 81.1 Å². The summed E-state index contributed by atoms with van der Waals surface area (Å²) < 4.78 is 16.7. The van der Waals surface area contributed by atoms with Crippen molar-refractivity contribution in [1.82, 2.24) is 46.6 Å². The van der Waals surface area contributed by atoms with E-state index in [0.29, 0.717) is 27.9 Å². The monoisotopic (exact) mass is 1330 g/mol. The standard InChI is InChI=1S/C64H90N12O17S/c1-35-32-76-54(55(35)83)60(88)67-31-43(78)29-45(68-56(84)39-8-10-40(11-9-39)61-72-73-62(94-61)41-12-14-42(15-13-41)74-22-18-37(19-23-74)34-92-25-5-4-24-91-3)57(85)69-51(36(2)77)63(89)75-33-44(79)30-46(75)58(86)70-52(59(87)71-53(64(76)90)48(81)17-21-66)49(82)27-38-7-16-47(80)50(28-38)93-26-6-20-65/h7-16,28,35-37,43-46,48-49,51-55,77-83H,4-6,17-27,29-34,65-66H2,1-3H3,(H,67,88)(H,68,84)(H,69,85)(H,70,86)(H,71,87)/t35-,36+,43+,44+,45-,46-,48+,49+,51-,52-,53-,54-,55-/m0/s1. The first-order valence-corrected chi connectivity index (χ1v) is 32.8. The molecule has 0 unspecified atom stereocenters. The first kappa shape index (κ1) is 72.3. The molecule has 514 valence electrons. The normalized spacial score (nSPS) is 25.7. The Morgan fingerprint density at radius 3 is 2.04 bits per heavy atom. The van der Waals surface area contributed by atoms with E-state index < -0.39 is 152 Å². The molecule has 7 amide bonds. The van der Waals surface area contributed by atoms with Gasteiger partial charge in [0.2, 0.25) is 35.4 Å². The smallest absolute Gasteiger partial charge is 0.251 e. The second-order valence-electron chi connectivity index (χ2n) is 24.6. The van der Waals surface area contributed by atoms with Crippen LogP contribution in [0, 0.1) is 11.8 Å². The third-order valence-electron chi connectivity index (χ3n) is 17.4. The number of ether oxygens (including phenoxy) is 3. The van der Waals surface area contributed by atoms with Crippen molar-refractivity contribution in [1.29, 1.82) is 0 Å². The Kier molecular flexibility index (Phi) is 26.4. The maximum absolute atomic E-state index is 14.7. The lowest BCUT2D eigenvalue weighted by molar-refractivity contribution is -0.147. The van der Waals surface area contributed by atoms with Crippen LogP contribution in [0.15, 0.2) is 66.7 Å². The van der Waals surface area contributed by atoms with Crippen molar-refractivity contribution in [2.24, 2.45) is 23.3 Å². The number of benzene rings is 3. The number of phenolic OH excluding ortho intramolecular Hbond substituents is 1. The van der Waals surface area contributed by atoms with E-state index in [1.807, 2.05) is 12.1 Å². The Balaban J connectivity index is 1.02. The van der Waals surface area contributed by atoms with Crippen molar-refractivity contribution in [3.05, 3.63) is 77.9 Å². The SMILES string of the molecule is COCCCCOCC1CCN(c2ccc(-c3nnc(-c4ccc(C(=O)N[C@H]5C[C@@H](O)CNC(=O)[C@@H]6[C@@H](O)[C@@H](C)CN6C(=O)[C@H]([C@H](O)CCN)NC(=O)[C@H]([C@H](O)Cc6ccc(O)c(OCCCN)c6)NC(=O)[C@@H]6C[C@@H](O)CN6C(=O)[C@H]([C@@H](C)O)NC5=O)cc4)s3)cc2)CC1. The van der Waals surface area contributed by atoms with Crippen LogP contribution in [0.4, 0.5) is 5.69 Å². The molecule has 5 heterocycles.